The van der Waals surface area contributed by atoms with Crippen LogP contribution in [-0.2, 0) is 44.8 Å². The molecule has 0 atom stereocenters. The molecule has 0 aromatic heterocycles. The molecule has 0 fully saturated rings. The molecule has 0 heterocycles. The third-order valence-electron chi connectivity index (χ3n) is 0. The van der Waals surface area contributed by atoms with E-state index in [-0.39, 0.29) is 90.3 Å². The van der Waals surface area contributed by atoms with Gasteiger partial charge in [0.25, 0.3) is 0 Å². The second kappa shape index (κ2) is 32.1. The normalized spacial score (nSPS) is 0. The summed E-state index contributed by atoms with van der Waals surface area (Å²) in [6, 6.07) is 0. The molecule has 0 aliphatic carbocycles. The van der Waals surface area contributed by atoms with Gasteiger partial charge in [-0.25, -0.2) is 0 Å². The molecule has 0 N–H and O–H groups in total. The Morgan fingerprint density at radius 1 is 0.800 bits per heavy atom. The van der Waals surface area contributed by atoms with Crippen molar-refractivity contribution in [3.8, 4) is 0 Å². The van der Waals surface area contributed by atoms with Gasteiger partial charge in [0.2, 0.25) is 0 Å². The van der Waals surface area contributed by atoms with Crippen LogP contribution in [0.15, 0.2) is 0 Å². The van der Waals surface area contributed by atoms with Gasteiger partial charge in [0.05, 0.1) is 0 Å². The summed E-state index contributed by atoms with van der Waals surface area (Å²) < 4.78 is 0. The molecule has 0 rings (SSSR count). The minimum Gasteiger partial charge on any atom is -2.00 e. The van der Waals surface area contributed by atoms with E-state index in [4.69, 9.17) is 0 Å². The van der Waals surface area contributed by atoms with Crippen LogP contribution in [0.25, 0.3) is 0 Å². The molecule has 1 radical (unpaired) electrons. The SMILES string of the molecule is [Co+2].[Fe].[O-2].[O-2].[Sr+2]. The summed E-state index contributed by atoms with van der Waals surface area (Å²) in [5.74, 6) is 0. The van der Waals surface area contributed by atoms with Gasteiger partial charge in [-0.05, 0) is 0 Å². The second-order valence-corrected chi connectivity index (χ2v) is 0. The van der Waals surface area contributed by atoms with Crippen molar-refractivity contribution in [2.24, 2.45) is 0 Å². The Balaban J connectivity index is 0. The first-order chi connectivity index (χ1) is 0. The van der Waals surface area contributed by atoms with Crippen molar-refractivity contribution in [3.05, 3.63) is 0 Å². The fraction of sp³-hybridized carbons (Fsp3) is 0. The maximum absolute atomic E-state index is 0. The van der Waals surface area contributed by atoms with Crippen molar-refractivity contribution in [1.82, 2.24) is 0 Å². The Labute approximate surface area is 88.6 Å². The minimum absolute atomic E-state index is 0. The predicted molar refractivity (Wildman–Crippen MR) is 7.13 cm³/mol. The van der Waals surface area contributed by atoms with Gasteiger partial charge in [-0.2, -0.15) is 0 Å². The summed E-state index contributed by atoms with van der Waals surface area (Å²) in [5, 5.41) is 0. The van der Waals surface area contributed by atoms with Crippen LogP contribution in [0.2, 0.25) is 0 Å². The molecule has 0 aliphatic heterocycles. The van der Waals surface area contributed by atoms with Crippen LogP contribution < -0.4 is 0 Å². The van der Waals surface area contributed by atoms with E-state index in [1.165, 1.54) is 0 Å². The smallest absolute Gasteiger partial charge is 2.00 e. The number of hydrogen-bond donors (Lipinski definition) is 0. The largest absolute Gasteiger partial charge is 2.00 e. The Hall–Kier alpha value is 2.43. The van der Waals surface area contributed by atoms with Crippen LogP contribution in [0.4, 0.5) is 0 Å². The molecule has 0 aliphatic rings. The minimum atomic E-state index is 0. The maximum Gasteiger partial charge on any atom is 2.00 e. The van der Waals surface area contributed by atoms with Gasteiger partial charge in [0, 0.05) is 17.1 Å². The molecule has 0 amide bonds. The summed E-state index contributed by atoms with van der Waals surface area (Å²) in [6.45, 7) is 0. The van der Waals surface area contributed by atoms with E-state index < -0.39 is 0 Å². The molecule has 31 valence electrons. The van der Waals surface area contributed by atoms with E-state index in [0.717, 1.165) is 0 Å². The number of hydrogen-bond acceptors (Lipinski definition) is 0. The zero-order chi connectivity index (χ0) is 0. The molecule has 0 saturated heterocycles. The van der Waals surface area contributed by atoms with E-state index in [9.17, 15) is 0 Å². The molecule has 5 heteroatoms. The van der Waals surface area contributed by atoms with Crippen molar-refractivity contribution in [1.29, 1.82) is 0 Å². The van der Waals surface area contributed by atoms with E-state index in [0.29, 0.717) is 0 Å². The average Bonchev–Trinajstić information content (AvgIpc) is 0. The van der Waals surface area contributed by atoms with Crippen LogP contribution in [0.3, 0.4) is 0 Å². The maximum atomic E-state index is 0. The van der Waals surface area contributed by atoms with Crippen molar-refractivity contribution in [2.75, 3.05) is 0 Å². The van der Waals surface area contributed by atoms with Crippen LogP contribution in [0.1, 0.15) is 0 Å². The summed E-state index contributed by atoms with van der Waals surface area (Å²) in [7, 11) is 0. The van der Waals surface area contributed by atoms with Crippen LogP contribution in [0, 0.1) is 0 Å². The zero-order valence-electron chi connectivity index (χ0n) is 2.21. The van der Waals surface area contributed by atoms with Crippen molar-refractivity contribution in [3.63, 3.8) is 0 Å². The molecule has 0 aromatic carbocycles. The summed E-state index contributed by atoms with van der Waals surface area (Å²) in [6.07, 6.45) is 0. The zero-order valence-corrected chi connectivity index (χ0v) is 7.83. The van der Waals surface area contributed by atoms with Gasteiger partial charge in [0.1, 0.15) is 0 Å². The van der Waals surface area contributed by atoms with Crippen molar-refractivity contribution >= 4 is 45.5 Å². The van der Waals surface area contributed by atoms with E-state index >= 15 is 0 Å². The molecule has 0 unspecified atom stereocenters. The first-order valence-electron chi connectivity index (χ1n) is 0. The molecule has 2 nitrogen and oxygen atoms in total. The van der Waals surface area contributed by atoms with Gasteiger partial charge in [0.15, 0.2) is 0 Å². The van der Waals surface area contributed by atoms with Crippen LogP contribution in [-0.4, -0.2) is 45.5 Å². The molecule has 0 saturated carbocycles. The van der Waals surface area contributed by atoms with Gasteiger partial charge in [-0.1, -0.05) is 0 Å². The summed E-state index contributed by atoms with van der Waals surface area (Å²) >= 11 is 0. The topological polar surface area (TPSA) is 57.0 Å². The Kier molecular flexibility index (Phi) is 335. The first-order valence-corrected chi connectivity index (χ1v) is 0. The van der Waals surface area contributed by atoms with E-state index in [1.54, 1.807) is 0 Å². The summed E-state index contributed by atoms with van der Waals surface area (Å²) in [5.41, 5.74) is 0. The standard InChI is InChI=1S/Co.Fe.2O.Sr/q+2;;2*-2;+2. The van der Waals surface area contributed by atoms with Crippen LogP contribution in [0.5, 0.6) is 0 Å². The van der Waals surface area contributed by atoms with E-state index in [1.807, 2.05) is 0 Å². The number of rotatable bonds is 0. The third-order valence-corrected chi connectivity index (χ3v) is 0. The second-order valence-electron chi connectivity index (χ2n) is 0. The molecule has 0 bridgehead atoms. The molecule has 0 spiro atoms. The quantitative estimate of drug-likeness (QED) is 0.502. The fourth-order valence-electron chi connectivity index (χ4n) is 0. The Bertz CT molecular complexity index is 9.61. The van der Waals surface area contributed by atoms with Gasteiger partial charge >= 0.3 is 62.3 Å². The van der Waals surface area contributed by atoms with Crippen LogP contribution >= 0.6 is 0 Å². The third kappa shape index (κ3) is 21.4. The molecule has 0 aromatic rings. The van der Waals surface area contributed by atoms with Crippen molar-refractivity contribution < 1.29 is 44.8 Å². The first kappa shape index (κ1) is 52.1. The monoisotopic (exact) mass is 235 g/mol. The van der Waals surface area contributed by atoms with Crippen molar-refractivity contribution in [2.45, 2.75) is 0 Å². The van der Waals surface area contributed by atoms with Gasteiger partial charge in [-0.15, -0.1) is 0 Å². The average molecular weight is 234 g/mol. The Morgan fingerprint density at radius 2 is 0.800 bits per heavy atom. The van der Waals surface area contributed by atoms with Gasteiger partial charge in [-0.3, -0.25) is 0 Å². The molecule has 5 heavy (non-hydrogen) atoms. The van der Waals surface area contributed by atoms with Gasteiger partial charge < -0.3 is 11.0 Å². The predicted octanol–water partition coefficient (Wildman–Crippen LogP) is -0.623. The molecular weight excluding hydrogens is 234 g/mol. The fourth-order valence-corrected chi connectivity index (χ4v) is 0. The Morgan fingerprint density at radius 3 is 0.800 bits per heavy atom. The molecular formula is CoFeO2Sr. The van der Waals surface area contributed by atoms with E-state index in [2.05, 4.69) is 0 Å². The summed E-state index contributed by atoms with van der Waals surface area (Å²) in [4.78, 5) is 0.